The summed E-state index contributed by atoms with van der Waals surface area (Å²) in [6, 6.07) is 15.0. The van der Waals surface area contributed by atoms with Gasteiger partial charge in [0, 0.05) is 19.8 Å². The molecule has 2 aromatic rings. The molecule has 1 N–H and O–H groups in total. The van der Waals surface area contributed by atoms with Crippen molar-refractivity contribution in [1.82, 2.24) is 5.32 Å². The first-order chi connectivity index (χ1) is 12.4. The van der Waals surface area contributed by atoms with E-state index in [0.29, 0.717) is 5.56 Å². The molecule has 0 radical (unpaired) electrons. The van der Waals surface area contributed by atoms with Crippen LogP contribution in [0.3, 0.4) is 0 Å². The first-order valence-electron chi connectivity index (χ1n) is 8.71. The van der Waals surface area contributed by atoms with E-state index in [4.69, 9.17) is 4.74 Å². The van der Waals surface area contributed by atoms with E-state index in [-0.39, 0.29) is 18.6 Å². The van der Waals surface area contributed by atoms with E-state index >= 15 is 0 Å². The van der Waals surface area contributed by atoms with Gasteiger partial charge in [0.1, 0.15) is 0 Å². The highest BCUT2D eigenvalue weighted by Crippen LogP contribution is 2.17. The van der Waals surface area contributed by atoms with Crippen molar-refractivity contribution in [3.8, 4) is 0 Å². The van der Waals surface area contributed by atoms with Gasteiger partial charge in [-0.1, -0.05) is 36.8 Å². The molecule has 0 unspecified atom stereocenters. The molecule has 5 nitrogen and oxygen atoms in total. The molecule has 0 aliphatic heterocycles. The van der Waals surface area contributed by atoms with Crippen LogP contribution < -0.4 is 10.2 Å². The Balaban J connectivity index is 1.88. The second kappa shape index (κ2) is 9.04. The molecule has 0 aliphatic carbocycles. The maximum Gasteiger partial charge on any atom is 0.338 e. The third kappa shape index (κ3) is 5.34. The van der Waals surface area contributed by atoms with Gasteiger partial charge in [-0.15, -0.1) is 0 Å². The number of amides is 1. The molecule has 26 heavy (non-hydrogen) atoms. The molecule has 5 heteroatoms. The quantitative estimate of drug-likeness (QED) is 0.774. The van der Waals surface area contributed by atoms with Gasteiger partial charge in [0.25, 0.3) is 5.91 Å². The third-order valence-corrected chi connectivity index (χ3v) is 4.18. The lowest BCUT2D eigenvalue weighted by Crippen LogP contribution is -2.32. The fourth-order valence-electron chi connectivity index (χ4n) is 2.57. The summed E-state index contributed by atoms with van der Waals surface area (Å²) >= 11 is 0. The van der Waals surface area contributed by atoms with Crippen molar-refractivity contribution < 1.29 is 14.3 Å². The molecule has 0 heterocycles. The van der Waals surface area contributed by atoms with E-state index in [1.807, 2.05) is 69.2 Å². The van der Waals surface area contributed by atoms with Crippen molar-refractivity contribution in [3.63, 3.8) is 0 Å². The fraction of sp³-hybridized carbons (Fsp3) is 0.333. The summed E-state index contributed by atoms with van der Waals surface area (Å²) in [5.74, 6) is -0.815. The standard InChI is InChI=1S/C21H26N2O3/c1-5-19(16-8-6-15(2)7-9-16)22-20(24)14-26-21(25)17-10-12-18(13-11-17)23(3)4/h6-13,19H,5,14H2,1-4H3,(H,22,24)/t19-/m1/s1. The number of ether oxygens (including phenoxy) is 1. The first-order valence-corrected chi connectivity index (χ1v) is 8.71. The van der Waals surface area contributed by atoms with Crippen molar-refractivity contribution in [2.75, 3.05) is 25.6 Å². The average molecular weight is 354 g/mol. The zero-order valence-corrected chi connectivity index (χ0v) is 15.8. The van der Waals surface area contributed by atoms with Gasteiger partial charge in [-0.2, -0.15) is 0 Å². The second-order valence-electron chi connectivity index (χ2n) is 6.46. The van der Waals surface area contributed by atoms with Crippen molar-refractivity contribution in [2.45, 2.75) is 26.3 Å². The van der Waals surface area contributed by atoms with Crippen LogP contribution in [0.15, 0.2) is 48.5 Å². The molecular formula is C21H26N2O3. The molecule has 0 aliphatic rings. The van der Waals surface area contributed by atoms with Crippen molar-refractivity contribution in [2.24, 2.45) is 0 Å². The number of anilines is 1. The topological polar surface area (TPSA) is 58.6 Å². The van der Waals surface area contributed by atoms with Crippen LogP contribution in [0.5, 0.6) is 0 Å². The number of nitrogens with zero attached hydrogens (tertiary/aromatic N) is 1. The van der Waals surface area contributed by atoms with Gasteiger partial charge in [0.2, 0.25) is 0 Å². The minimum atomic E-state index is -0.506. The summed E-state index contributed by atoms with van der Waals surface area (Å²) in [5, 5.41) is 2.91. The molecule has 0 spiro atoms. The summed E-state index contributed by atoms with van der Waals surface area (Å²) in [6.45, 7) is 3.73. The zero-order chi connectivity index (χ0) is 19.1. The van der Waals surface area contributed by atoms with Gasteiger partial charge in [0.05, 0.1) is 11.6 Å². The SMILES string of the molecule is CC[C@@H](NC(=O)COC(=O)c1ccc(N(C)C)cc1)c1ccc(C)cc1. The molecule has 138 valence electrons. The summed E-state index contributed by atoms with van der Waals surface area (Å²) in [7, 11) is 3.85. The number of esters is 1. The van der Waals surface area contributed by atoms with Gasteiger partial charge in [0.15, 0.2) is 6.61 Å². The normalized spacial score (nSPS) is 11.5. The Hall–Kier alpha value is -2.82. The molecule has 1 amide bonds. The van der Waals surface area contributed by atoms with Gasteiger partial charge in [-0.05, 0) is 43.2 Å². The van der Waals surface area contributed by atoms with E-state index < -0.39 is 5.97 Å². The number of hydrogen-bond donors (Lipinski definition) is 1. The number of benzene rings is 2. The van der Waals surface area contributed by atoms with Crippen molar-refractivity contribution in [1.29, 1.82) is 0 Å². The summed E-state index contributed by atoms with van der Waals surface area (Å²) in [6.07, 6.45) is 0.759. The molecule has 0 aromatic heterocycles. The Morgan fingerprint density at radius 2 is 1.65 bits per heavy atom. The lowest BCUT2D eigenvalue weighted by atomic mass is 10.0. The summed E-state index contributed by atoms with van der Waals surface area (Å²) in [5.41, 5.74) is 3.62. The summed E-state index contributed by atoms with van der Waals surface area (Å²) < 4.78 is 5.13. The maximum atomic E-state index is 12.1. The van der Waals surface area contributed by atoms with E-state index in [9.17, 15) is 9.59 Å². The van der Waals surface area contributed by atoms with Crippen LogP contribution in [-0.2, 0) is 9.53 Å². The fourth-order valence-corrected chi connectivity index (χ4v) is 2.57. The molecule has 1 atom stereocenters. The number of carbonyl (C=O) groups is 2. The molecule has 2 rings (SSSR count). The van der Waals surface area contributed by atoms with E-state index in [0.717, 1.165) is 17.7 Å². The molecule has 0 saturated heterocycles. The van der Waals surface area contributed by atoms with Gasteiger partial charge < -0.3 is 15.0 Å². The number of carbonyl (C=O) groups excluding carboxylic acids is 2. The van der Waals surface area contributed by atoms with Crippen LogP contribution in [0.25, 0.3) is 0 Å². The van der Waals surface area contributed by atoms with Gasteiger partial charge >= 0.3 is 5.97 Å². The minimum absolute atomic E-state index is 0.0961. The number of nitrogens with one attached hydrogen (secondary N) is 1. The lowest BCUT2D eigenvalue weighted by Gasteiger charge is -2.17. The first kappa shape index (κ1) is 19.5. The van der Waals surface area contributed by atoms with Crippen LogP contribution in [0.1, 0.15) is 40.9 Å². The van der Waals surface area contributed by atoms with Crippen LogP contribution in [0.4, 0.5) is 5.69 Å². The number of hydrogen-bond acceptors (Lipinski definition) is 4. The van der Waals surface area contributed by atoms with Crippen molar-refractivity contribution >= 4 is 17.6 Å². The van der Waals surface area contributed by atoms with Crippen molar-refractivity contribution in [3.05, 3.63) is 65.2 Å². The Kier molecular flexibility index (Phi) is 6.78. The monoisotopic (exact) mass is 354 g/mol. The lowest BCUT2D eigenvalue weighted by molar-refractivity contribution is -0.125. The van der Waals surface area contributed by atoms with Crippen LogP contribution >= 0.6 is 0 Å². The maximum absolute atomic E-state index is 12.1. The Morgan fingerprint density at radius 1 is 1.04 bits per heavy atom. The molecular weight excluding hydrogens is 328 g/mol. The van der Waals surface area contributed by atoms with Crippen LogP contribution in [0.2, 0.25) is 0 Å². The Morgan fingerprint density at radius 3 is 2.19 bits per heavy atom. The smallest absolute Gasteiger partial charge is 0.338 e. The summed E-state index contributed by atoms with van der Waals surface area (Å²) in [4.78, 5) is 26.2. The van der Waals surface area contributed by atoms with Crippen LogP contribution in [-0.4, -0.2) is 32.6 Å². The van der Waals surface area contributed by atoms with E-state index in [1.165, 1.54) is 5.56 Å². The van der Waals surface area contributed by atoms with E-state index in [2.05, 4.69) is 5.32 Å². The van der Waals surface area contributed by atoms with E-state index in [1.54, 1.807) is 12.1 Å². The largest absolute Gasteiger partial charge is 0.452 e. The predicted octanol–water partition coefficient (Wildman–Crippen LogP) is 3.49. The van der Waals surface area contributed by atoms with Gasteiger partial charge in [-0.25, -0.2) is 4.79 Å². The molecule has 0 bridgehead atoms. The van der Waals surface area contributed by atoms with Gasteiger partial charge in [-0.3, -0.25) is 4.79 Å². The Bertz CT molecular complexity index is 737. The second-order valence-corrected chi connectivity index (χ2v) is 6.46. The highest BCUT2D eigenvalue weighted by atomic mass is 16.5. The number of aryl methyl sites for hydroxylation is 1. The predicted molar refractivity (Wildman–Crippen MR) is 103 cm³/mol. The van der Waals surface area contributed by atoms with Crippen LogP contribution in [0, 0.1) is 6.92 Å². The number of rotatable bonds is 7. The molecule has 2 aromatic carbocycles. The third-order valence-electron chi connectivity index (χ3n) is 4.18. The highest BCUT2D eigenvalue weighted by molar-refractivity contribution is 5.91. The molecule has 0 fully saturated rings. The zero-order valence-electron chi connectivity index (χ0n) is 15.8. The molecule has 0 saturated carbocycles. The minimum Gasteiger partial charge on any atom is -0.452 e. The Labute approximate surface area is 155 Å². The highest BCUT2D eigenvalue weighted by Gasteiger charge is 2.15. The average Bonchev–Trinajstić information content (AvgIpc) is 2.65.